The Labute approximate surface area is 120 Å². The number of benzene rings is 1. The van der Waals surface area contributed by atoms with Gasteiger partial charge in [-0.1, -0.05) is 6.07 Å². The molecule has 0 radical (unpaired) electrons. The van der Waals surface area contributed by atoms with E-state index in [0.29, 0.717) is 18.4 Å². The zero-order valence-corrected chi connectivity index (χ0v) is 11.8. The molecule has 20 heavy (non-hydrogen) atoms. The van der Waals surface area contributed by atoms with Crippen LogP contribution in [-0.2, 0) is 11.8 Å². The zero-order chi connectivity index (χ0) is 14.6. The van der Waals surface area contributed by atoms with Crippen LogP contribution in [0.1, 0.15) is 16.9 Å². The number of nitrogens with two attached hydrogens (primary N) is 1. The third kappa shape index (κ3) is 3.23. The lowest BCUT2D eigenvalue weighted by Gasteiger charge is -2.31. The van der Waals surface area contributed by atoms with E-state index in [1.165, 1.54) is 12.1 Å². The Bertz CT molecular complexity index is 533. The second-order valence-electron chi connectivity index (χ2n) is 4.88. The molecule has 0 spiro atoms. The Morgan fingerprint density at radius 3 is 2.40 bits per heavy atom. The van der Waals surface area contributed by atoms with Gasteiger partial charge in [-0.05, 0) is 42.0 Å². The van der Waals surface area contributed by atoms with Crippen LogP contribution in [0.25, 0.3) is 0 Å². The highest BCUT2D eigenvalue weighted by Gasteiger charge is 2.31. The summed E-state index contributed by atoms with van der Waals surface area (Å²) in [5.41, 5.74) is 5.39. The van der Waals surface area contributed by atoms with Gasteiger partial charge in [0.1, 0.15) is 11.6 Å². The summed E-state index contributed by atoms with van der Waals surface area (Å²) in [4.78, 5) is 1.16. The van der Waals surface area contributed by atoms with Crippen LogP contribution in [0.3, 0.4) is 0 Å². The Hall–Kier alpha value is -1.30. The van der Waals surface area contributed by atoms with Gasteiger partial charge in [0.2, 0.25) is 0 Å². The van der Waals surface area contributed by atoms with Gasteiger partial charge in [-0.15, -0.1) is 11.3 Å². The molecule has 0 saturated heterocycles. The van der Waals surface area contributed by atoms with Crippen molar-refractivity contribution in [3.8, 4) is 0 Å². The first-order chi connectivity index (χ1) is 9.59. The van der Waals surface area contributed by atoms with Crippen molar-refractivity contribution >= 4 is 11.3 Å². The standard InChI is InChI=1S/C15H17F2NOS/c16-12-6-11(7-13(17)8-12)15(9-18,10-19)4-3-14-2-1-5-20-14/h1-2,5-8,19H,3-4,9-10,18H2. The van der Waals surface area contributed by atoms with Crippen molar-refractivity contribution in [3.05, 3.63) is 57.8 Å². The molecule has 2 aromatic rings. The minimum Gasteiger partial charge on any atom is -0.395 e. The molecule has 2 rings (SSSR count). The van der Waals surface area contributed by atoms with Gasteiger partial charge in [0, 0.05) is 22.9 Å². The summed E-state index contributed by atoms with van der Waals surface area (Å²) in [6, 6.07) is 7.27. The number of aliphatic hydroxyl groups excluding tert-OH is 1. The first kappa shape index (κ1) is 15.1. The third-order valence-electron chi connectivity index (χ3n) is 3.60. The fraction of sp³-hybridized carbons (Fsp3) is 0.333. The second-order valence-corrected chi connectivity index (χ2v) is 5.91. The lowest BCUT2D eigenvalue weighted by Crippen LogP contribution is -2.39. The molecule has 1 aromatic carbocycles. The van der Waals surface area contributed by atoms with Gasteiger partial charge >= 0.3 is 0 Å². The molecule has 5 heteroatoms. The van der Waals surface area contributed by atoms with Crippen LogP contribution < -0.4 is 5.73 Å². The van der Waals surface area contributed by atoms with Crippen LogP contribution in [0.15, 0.2) is 35.7 Å². The summed E-state index contributed by atoms with van der Waals surface area (Å²) in [5, 5.41) is 11.7. The molecule has 1 aromatic heterocycles. The molecule has 2 nitrogen and oxygen atoms in total. The average molecular weight is 297 g/mol. The maximum Gasteiger partial charge on any atom is 0.126 e. The number of aliphatic hydroxyl groups is 1. The molecule has 0 aliphatic rings. The van der Waals surface area contributed by atoms with Crippen molar-refractivity contribution in [2.75, 3.05) is 13.2 Å². The Balaban J connectivity index is 2.27. The number of thiophene rings is 1. The third-order valence-corrected chi connectivity index (χ3v) is 4.53. The fourth-order valence-electron chi connectivity index (χ4n) is 2.28. The largest absolute Gasteiger partial charge is 0.395 e. The van der Waals surface area contributed by atoms with Crippen LogP contribution >= 0.6 is 11.3 Å². The molecule has 0 bridgehead atoms. The number of hydrogen-bond acceptors (Lipinski definition) is 3. The molecule has 0 aliphatic carbocycles. The van der Waals surface area contributed by atoms with Crippen molar-refractivity contribution < 1.29 is 13.9 Å². The van der Waals surface area contributed by atoms with E-state index in [4.69, 9.17) is 5.73 Å². The minimum atomic E-state index is -0.813. The molecular weight excluding hydrogens is 280 g/mol. The van der Waals surface area contributed by atoms with Crippen molar-refractivity contribution in [1.29, 1.82) is 0 Å². The molecule has 0 saturated carbocycles. The van der Waals surface area contributed by atoms with E-state index in [-0.39, 0.29) is 13.2 Å². The van der Waals surface area contributed by atoms with Crippen molar-refractivity contribution in [2.45, 2.75) is 18.3 Å². The smallest absolute Gasteiger partial charge is 0.126 e. The lowest BCUT2D eigenvalue weighted by atomic mass is 9.77. The molecule has 3 N–H and O–H groups in total. The number of hydrogen-bond donors (Lipinski definition) is 2. The van der Waals surface area contributed by atoms with E-state index >= 15 is 0 Å². The SMILES string of the molecule is NCC(CO)(CCc1cccs1)c1cc(F)cc(F)c1. The van der Waals surface area contributed by atoms with Gasteiger partial charge in [-0.25, -0.2) is 8.78 Å². The van der Waals surface area contributed by atoms with E-state index in [2.05, 4.69) is 0 Å². The Kier molecular flexibility index (Phi) is 4.86. The average Bonchev–Trinajstić information content (AvgIpc) is 2.93. The fourth-order valence-corrected chi connectivity index (χ4v) is 2.99. The van der Waals surface area contributed by atoms with Crippen LogP contribution in [0, 0.1) is 11.6 Å². The van der Waals surface area contributed by atoms with Gasteiger partial charge in [-0.3, -0.25) is 0 Å². The molecule has 1 atom stereocenters. The van der Waals surface area contributed by atoms with Crippen molar-refractivity contribution in [3.63, 3.8) is 0 Å². The predicted octanol–water partition coefficient (Wildman–Crippen LogP) is 2.85. The molecule has 1 unspecified atom stereocenters. The van der Waals surface area contributed by atoms with Gasteiger partial charge in [0.25, 0.3) is 0 Å². The first-order valence-corrected chi connectivity index (χ1v) is 7.27. The van der Waals surface area contributed by atoms with Gasteiger partial charge in [0.15, 0.2) is 0 Å². The highest BCUT2D eigenvalue weighted by atomic mass is 32.1. The summed E-state index contributed by atoms with van der Waals surface area (Å²) >= 11 is 1.62. The van der Waals surface area contributed by atoms with Crippen molar-refractivity contribution in [1.82, 2.24) is 0 Å². The molecule has 108 valence electrons. The quantitative estimate of drug-likeness (QED) is 0.861. The predicted molar refractivity (Wildman–Crippen MR) is 76.8 cm³/mol. The maximum atomic E-state index is 13.4. The Morgan fingerprint density at radius 2 is 1.90 bits per heavy atom. The lowest BCUT2D eigenvalue weighted by molar-refractivity contribution is 0.188. The Morgan fingerprint density at radius 1 is 1.20 bits per heavy atom. The highest BCUT2D eigenvalue weighted by molar-refractivity contribution is 7.09. The van der Waals surface area contributed by atoms with Crippen LogP contribution in [0.5, 0.6) is 0 Å². The monoisotopic (exact) mass is 297 g/mol. The van der Waals surface area contributed by atoms with E-state index in [1.807, 2.05) is 17.5 Å². The number of aryl methyl sites for hydroxylation is 1. The summed E-state index contributed by atoms with van der Waals surface area (Å²) in [6.07, 6.45) is 1.26. The van der Waals surface area contributed by atoms with Gasteiger partial charge in [0.05, 0.1) is 6.61 Å². The molecule has 1 heterocycles. The zero-order valence-electron chi connectivity index (χ0n) is 11.0. The minimum absolute atomic E-state index is 0.137. The molecule has 0 fully saturated rings. The van der Waals surface area contributed by atoms with Crippen LogP contribution in [0.4, 0.5) is 8.78 Å². The first-order valence-electron chi connectivity index (χ1n) is 6.39. The van der Waals surface area contributed by atoms with Gasteiger partial charge < -0.3 is 10.8 Å². The summed E-state index contributed by atoms with van der Waals surface area (Å²) in [7, 11) is 0. The van der Waals surface area contributed by atoms with Crippen LogP contribution in [-0.4, -0.2) is 18.3 Å². The highest BCUT2D eigenvalue weighted by Crippen LogP contribution is 2.30. The van der Waals surface area contributed by atoms with E-state index in [0.717, 1.165) is 10.9 Å². The molecule has 0 amide bonds. The van der Waals surface area contributed by atoms with E-state index in [1.54, 1.807) is 11.3 Å². The number of halogens is 2. The van der Waals surface area contributed by atoms with Crippen LogP contribution in [0.2, 0.25) is 0 Å². The maximum absolute atomic E-state index is 13.4. The molecule has 0 aliphatic heterocycles. The second kappa shape index (κ2) is 6.43. The summed E-state index contributed by atoms with van der Waals surface area (Å²) < 4.78 is 26.8. The number of rotatable bonds is 6. The van der Waals surface area contributed by atoms with E-state index < -0.39 is 17.0 Å². The van der Waals surface area contributed by atoms with Crippen molar-refractivity contribution in [2.24, 2.45) is 5.73 Å². The van der Waals surface area contributed by atoms with E-state index in [9.17, 15) is 13.9 Å². The summed E-state index contributed by atoms with van der Waals surface area (Å²) in [5.74, 6) is -1.30. The summed E-state index contributed by atoms with van der Waals surface area (Å²) in [6.45, 7) is -0.102. The molecular formula is C15H17F2NOS. The topological polar surface area (TPSA) is 46.2 Å². The van der Waals surface area contributed by atoms with Gasteiger partial charge in [-0.2, -0.15) is 0 Å². The normalized spacial score (nSPS) is 14.2.